The van der Waals surface area contributed by atoms with Gasteiger partial charge in [0.15, 0.2) is 0 Å². The Hall–Kier alpha value is -2.43. The number of aromatic nitrogens is 1. The van der Waals surface area contributed by atoms with E-state index in [0.717, 1.165) is 5.56 Å². The second-order valence-electron chi connectivity index (χ2n) is 4.39. The molecule has 1 aromatic carbocycles. The van der Waals surface area contributed by atoms with Crippen LogP contribution in [0.4, 0.5) is 11.5 Å². The van der Waals surface area contributed by atoms with E-state index in [0.29, 0.717) is 11.4 Å². The fourth-order valence-electron chi connectivity index (χ4n) is 1.84. The Morgan fingerprint density at radius 1 is 1.32 bits per heavy atom. The van der Waals surface area contributed by atoms with E-state index in [4.69, 9.17) is 0 Å². The van der Waals surface area contributed by atoms with Gasteiger partial charge in [0.05, 0.1) is 11.0 Å². The SMILES string of the molecule is Cc1cnc(NC(C)c2ccccc2)cc1[N+](=O)[O-]. The average molecular weight is 257 g/mol. The van der Waals surface area contributed by atoms with Gasteiger partial charge in [0.25, 0.3) is 5.69 Å². The molecule has 1 unspecified atom stereocenters. The predicted molar refractivity (Wildman–Crippen MR) is 74.1 cm³/mol. The van der Waals surface area contributed by atoms with Crippen LogP contribution < -0.4 is 5.32 Å². The molecule has 1 aromatic heterocycles. The molecule has 0 amide bonds. The summed E-state index contributed by atoms with van der Waals surface area (Å²) in [5.41, 5.74) is 1.74. The lowest BCUT2D eigenvalue weighted by atomic mass is 10.1. The van der Waals surface area contributed by atoms with Crippen LogP contribution in [0.25, 0.3) is 0 Å². The summed E-state index contributed by atoms with van der Waals surface area (Å²) in [5.74, 6) is 0.508. The van der Waals surface area contributed by atoms with Crippen molar-refractivity contribution in [1.29, 1.82) is 0 Å². The molecule has 98 valence electrons. The fourth-order valence-corrected chi connectivity index (χ4v) is 1.84. The van der Waals surface area contributed by atoms with E-state index in [9.17, 15) is 10.1 Å². The number of anilines is 1. The van der Waals surface area contributed by atoms with E-state index in [1.807, 2.05) is 37.3 Å². The standard InChI is InChI=1S/C14H15N3O2/c1-10-9-15-14(8-13(10)17(18)19)16-11(2)12-6-4-3-5-7-12/h3-9,11H,1-2H3,(H,15,16). The lowest BCUT2D eigenvalue weighted by molar-refractivity contribution is -0.385. The van der Waals surface area contributed by atoms with Crippen LogP contribution in [0.1, 0.15) is 24.1 Å². The maximum absolute atomic E-state index is 10.9. The van der Waals surface area contributed by atoms with Crippen molar-refractivity contribution in [1.82, 2.24) is 4.98 Å². The minimum atomic E-state index is -0.393. The Balaban J connectivity index is 2.20. The van der Waals surface area contributed by atoms with Crippen LogP contribution in [-0.2, 0) is 0 Å². The summed E-state index contributed by atoms with van der Waals surface area (Å²) < 4.78 is 0. The zero-order valence-corrected chi connectivity index (χ0v) is 10.8. The number of nitrogens with zero attached hydrogens (tertiary/aromatic N) is 2. The van der Waals surface area contributed by atoms with Crippen LogP contribution >= 0.6 is 0 Å². The first-order valence-electron chi connectivity index (χ1n) is 6.00. The van der Waals surface area contributed by atoms with Crippen molar-refractivity contribution in [3.05, 3.63) is 63.8 Å². The van der Waals surface area contributed by atoms with Crippen molar-refractivity contribution in [3.8, 4) is 0 Å². The molecule has 5 nitrogen and oxygen atoms in total. The molecular weight excluding hydrogens is 242 g/mol. The fraction of sp³-hybridized carbons (Fsp3) is 0.214. The highest BCUT2D eigenvalue weighted by Gasteiger charge is 2.13. The highest BCUT2D eigenvalue weighted by atomic mass is 16.6. The van der Waals surface area contributed by atoms with Gasteiger partial charge in [-0.2, -0.15) is 0 Å². The van der Waals surface area contributed by atoms with Crippen molar-refractivity contribution < 1.29 is 4.92 Å². The monoisotopic (exact) mass is 257 g/mol. The van der Waals surface area contributed by atoms with Crippen molar-refractivity contribution in [3.63, 3.8) is 0 Å². The van der Waals surface area contributed by atoms with Crippen LogP contribution in [0.15, 0.2) is 42.6 Å². The van der Waals surface area contributed by atoms with Crippen molar-refractivity contribution in [2.24, 2.45) is 0 Å². The smallest absolute Gasteiger partial charge is 0.277 e. The largest absolute Gasteiger partial charge is 0.363 e. The van der Waals surface area contributed by atoms with Gasteiger partial charge < -0.3 is 5.32 Å². The Morgan fingerprint density at radius 3 is 2.63 bits per heavy atom. The molecule has 0 saturated heterocycles. The minimum absolute atomic E-state index is 0.0380. The lowest BCUT2D eigenvalue weighted by Gasteiger charge is -2.14. The second kappa shape index (κ2) is 5.48. The van der Waals surface area contributed by atoms with E-state index in [2.05, 4.69) is 10.3 Å². The van der Waals surface area contributed by atoms with Crippen LogP contribution in [0, 0.1) is 17.0 Å². The van der Waals surface area contributed by atoms with E-state index >= 15 is 0 Å². The summed E-state index contributed by atoms with van der Waals surface area (Å²) in [7, 11) is 0. The molecule has 0 spiro atoms. The first-order chi connectivity index (χ1) is 9.08. The van der Waals surface area contributed by atoms with E-state index in [1.54, 1.807) is 6.92 Å². The zero-order chi connectivity index (χ0) is 13.8. The molecular formula is C14H15N3O2. The van der Waals surface area contributed by atoms with Crippen LogP contribution in [-0.4, -0.2) is 9.91 Å². The Kier molecular flexibility index (Phi) is 3.75. The molecule has 0 radical (unpaired) electrons. The summed E-state index contributed by atoms with van der Waals surface area (Å²) in [4.78, 5) is 14.7. The first kappa shape index (κ1) is 13.0. The number of nitrogens with one attached hydrogen (secondary N) is 1. The molecule has 1 N–H and O–H groups in total. The first-order valence-corrected chi connectivity index (χ1v) is 6.00. The van der Waals surface area contributed by atoms with Crippen LogP contribution in [0.5, 0.6) is 0 Å². The number of benzene rings is 1. The van der Waals surface area contributed by atoms with Gasteiger partial charge in [-0.1, -0.05) is 30.3 Å². The summed E-state index contributed by atoms with van der Waals surface area (Å²) >= 11 is 0. The third kappa shape index (κ3) is 3.07. The second-order valence-corrected chi connectivity index (χ2v) is 4.39. The lowest BCUT2D eigenvalue weighted by Crippen LogP contribution is -2.08. The van der Waals surface area contributed by atoms with E-state index in [1.165, 1.54) is 12.3 Å². The molecule has 0 aliphatic carbocycles. The molecule has 0 fully saturated rings. The Bertz CT molecular complexity index is 584. The maximum atomic E-state index is 10.9. The number of nitro groups is 1. The quantitative estimate of drug-likeness (QED) is 0.672. The Morgan fingerprint density at radius 2 is 2.00 bits per heavy atom. The number of hydrogen-bond donors (Lipinski definition) is 1. The molecule has 2 rings (SSSR count). The molecule has 0 bridgehead atoms. The van der Waals surface area contributed by atoms with Gasteiger partial charge in [0.1, 0.15) is 5.82 Å². The average Bonchev–Trinajstić information content (AvgIpc) is 2.41. The summed E-state index contributed by atoms with van der Waals surface area (Å²) in [6.45, 7) is 3.66. The summed E-state index contributed by atoms with van der Waals surface area (Å²) in [6, 6.07) is 11.4. The third-order valence-corrected chi connectivity index (χ3v) is 2.94. The molecule has 2 aromatic rings. The van der Waals surface area contributed by atoms with Crippen LogP contribution in [0.3, 0.4) is 0 Å². The van der Waals surface area contributed by atoms with Crippen molar-refractivity contribution in [2.45, 2.75) is 19.9 Å². The highest BCUT2D eigenvalue weighted by Crippen LogP contribution is 2.23. The van der Waals surface area contributed by atoms with Gasteiger partial charge >= 0.3 is 0 Å². The van der Waals surface area contributed by atoms with Gasteiger partial charge in [-0.05, 0) is 19.4 Å². The van der Waals surface area contributed by atoms with E-state index < -0.39 is 4.92 Å². The summed E-state index contributed by atoms with van der Waals surface area (Å²) in [5, 5.41) is 14.0. The predicted octanol–water partition coefficient (Wildman–Crippen LogP) is 3.47. The third-order valence-electron chi connectivity index (χ3n) is 2.94. The number of aryl methyl sites for hydroxylation is 1. The molecule has 0 aliphatic rings. The van der Waals surface area contributed by atoms with Crippen LogP contribution in [0.2, 0.25) is 0 Å². The van der Waals surface area contributed by atoms with Gasteiger partial charge in [-0.15, -0.1) is 0 Å². The Labute approximate surface area is 111 Å². The molecule has 1 atom stereocenters. The van der Waals surface area contributed by atoms with Crippen molar-refractivity contribution >= 4 is 11.5 Å². The normalized spacial score (nSPS) is 11.9. The van der Waals surface area contributed by atoms with Gasteiger partial charge in [-0.3, -0.25) is 10.1 Å². The summed E-state index contributed by atoms with van der Waals surface area (Å²) in [6.07, 6.45) is 1.51. The zero-order valence-electron chi connectivity index (χ0n) is 10.8. The topological polar surface area (TPSA) is 68.1 Å². The number of hydrogen-bond acceptors (Lipinski definition) is 4. The molecule has 19 heavy (non-hydrogen) atoms. The molecule has 0 aliphatic heterocycles. The van der Waals surface area contributed by atoms with Gasteiger partial charge in [-0.25, -0.2) is 4.98 Å². The molecule has 1 heterocycles. The minimum Gasteiger partial charge on any atom is -0.363 e. The molecule has 5 heteroatoms. The van der Waals surface area contributed by atoms with E-state index in [-0.39, 0.29) is 11.7 Å². The molecule has 0 saturated carbocycles. The number of rotatable bonds is 4. The highest BCUT2D eigenvalue weighted by molar-refractivity contribution is 5.50. The van der Waals surface area contributed by atoms with Gasteiger partial charge in [0.2, 0.25) is 0 Å². The maximum Gasteiger partial charge on any atom is 0.277 e. The van der Waals surface area contributed by atoms with Crippen molar-refractivity contribution in [2.75, 3.05) is 5.32 Å². The number of pyridine rings is 1. The van der Waals surface area contributed by atoms with Gasteiger partial charge in [0, 0.05) is 17.8 Å².